The molecule has 2 heterocycles. The molecule has 1 aromatic heterocycles. The molecule has 0 aliphatic carbocycles. The number of hydrogen-bond donors (Lipinski definition) is 1. The molecule has 1 aliphatic rings. The maximum absolute atomic E-state index is 11.7. The average Bonchev–Trinajstić information content (AvgIpc) is 3.08. The third-order valence-corrected chi connectivity index (χ3v) is 4.17. The Labute approximate surface area is 148 Å². The summed E-state index contributed by atoms with van der Waals surface area (Å²) in [4.78, 5) is 38.6. The summed E-state index contributed by atoms with van der Waals surface area (Å²) in [6, 6.07) is 1.74. The number of aromatic nitrogens is 2. The lowest BCUT2D eigenvalue weighted by Crippen LogP contribution is -2.14. The van der Waals surface area contributed by atoms with E-state index in [4.69, 9.17) is 9.47 Å². The molecule has 10 nitrogen and oxygen atoms in total. The normalized spacial score (nSPS) is 15.7. The van der Waals surface area contributed by atoms with Gasteiger partial charge >= 0.3 is 11.7 Å². The molecule has 0 radical (unpaired) electrons. The second kappa shape index (κ2) is 6.71. The molecule has 10 heteroatoms. The molecule has 2 aromatic rings. The Kier molecular flexibility index (Phi) is 4.60. The van der Waals surface area contributed by atoms with Crippen LogP contribution in [0.2, 0.25) is 0 Å². The van der Waals surface area contributed by atoms with Crippen molar-refractivity contribution in [2.24, 2.45) is 0 Å². The van der Waals surface area contributed by atoms with E-state index >= 15 is 0 Å². The number of anilines is 1. The van der Waals surface area contributed by atoms with Gasteiger partial charge in [0.2, 0.25) is 5.91 Å². The lowest BCUT2D eigenvalue weighted by molar-refractivity contribution is -0.382. The van der Waals surface area contributed by atoms with E-state index in [1.54, 1.807) is 17.6 Å². The first-order chi connectivity index (χ1) is 12.3. The van der Waals surface area contributed by atoms with Crippen LogP contribution in [0.1, 0.15) is 30.8 Å². The van der Waals surface area contributed by atoms with Crippen LogP contribution in [0.4, 0.5) is 11.4 Å². The summed E-state index contributed by atoms with van der Waals surface area (Å²) in [5.41, 5.74) is 1.15. The van der Waals surface area contributed by atoms with Gasteiger partial charge in [0.25, 0.3) is 0 Å². The molecular formula is C16H18N4O6. The van der Waals surface area contributed by atoms with Gasteiger partial charge in [-0.2, -0.15) is 0 Å². The lowest BCUT2D eigenvalue weighted by atomic mass is 10.1. The van der Waals surface area contributed by atoms with Gasteiger partial charge in [-0.05, 0) is 18.6 Å². The fraction of sp³-hybridized carbons (Fsp3) is 0.438. The Hall–Kier alpha value is -3.01. The zero-order valence-corrected chi connectivity index (χ0v) is 14.6. The molecule has 0 bridgehead atoms. The number of fused-ring (bicyclic) bond motifs is 3. The highest BCUT2D eigenvalue weighted by Gasteiger charge is 2.34. The maximum Gasteiger partial charge on any atom is 0.332 e. The number of benzene rings is 1. The van der Waals surface area contributed by atoms with E-state index in [9.17, 15) is 19.7 Å². The summed E-state index contributed by atoms with van der Waals surface area (Å²) in [6.07, 6.45) is -0.0530. The van der Waals surface area contributed by atoms with Crippen molar-refractivity contribution in [3.05, 3.63) is 27.6 Å². The zero-order chi connectivity index (χ0) is 19.0. The van der Waals surface area contributed by atoms with Crippen molar-refractivity contribution in [3.8, 4) is 0 Å². The van der Waals surface area contributed by atoms with E-state index in [-0.39, 0.29) is 23.5 Å². The Morgan fingerprint density at radius 1 is 1.50 bits per heavy atom. The number of amides is 1. The van der Waals surface area contributed by atoms with Crippen LogP contribution in [-0.4, -0.2) is 40.1 Å². The molecular weight excluding hydrogens is 344 g/mol. The first kappa shape index (κ1) is 17.8. The number of nitro benzene ring substituents is 1. The molecule has 0 spiro atoms. The number of ether oxygens (including phenoxy) is 2. The van der Waals surface area contributed by atoms with Gasteiger partial charge in [-0.1, -0.05) is 0 Å². The van der Waals surface area contributed by atoms with Crippen LogP contribution < -0.4 is 5.32 Å². The number of imidazole rings is 1. The molecule has 1 N–H and O–H groups in total. The van der Waals surface area contributed by atoms with Crippen LogP contribution in [0.5, 0.6) is 0 Å². The predicted octanol–water partition coefficient (Wildman–Crippen LogP) is 1.85. The topological polar surface area (TPSA) is 126 Å². The van der Waals surface area contributed by atoms with E-state index < -0.39 is 22.9 Å². The summed E-state index contributed by atoms with van der Waals surface area (Å²) in [5.74, 6) is -0.483. The number of methoxy groups -OCH3 is 1. The number of hydrogen-bond acceptors (Lipinski definition) is 7. The summed E-state index contributed by atoms with van der Waals surface area (Å²) < 4.78 is 11.9. The molecule has 3 rings (SSSR count). The van der Waals surface area contributed by atoms with Gasteiger partial charge in [0.05, 0.1) is 10.4 Å². The number of carbonyl (C=O) groups is 2. The number of carbonyl (C=O) groups excluding carboxylic acids is 2. The second-order valence-electron chi connectivity index (χ2n) is 6.04. The molecule has 0 saturated heterocycles. The molecule has 1 aromatic carbocycles. The quantitative estimate of drug-likeness (QED) is 0.488. The van der Waals surface area contributed by atoms with Crippen molar-refractivity contribution in [2.45, 2.75) is 32.9 Å². The van der Waals surface area contributed by atoms with Crippen molar-refractivity contribution in [2.75, 3.05) is 19.0 Å². The van der Waals surface area contributed by atoms with Crippen LogP contribution in [0.25, 0.3) is 11.0 Å². The van der Waals surface area contributed by atoms with Gasteiger partial charge in [-0.15, -0.1) is 0 Å². The standard InChI is InChI=1S/C16H18N4O6/c1-8-6-10-14(15(20(23)24)13(8)17-9(2)21)18-16-11(4-5-19(10)16)26-12(22)7-25-3/h6,11H,4-5,7H2,1-3H3,(H,17,21). The lowest BCUT2D eigenvalue weighted by Gasteiger charge is -2.10. The van der Waals surface area contributed by atoms with E-state index in [0.717, 1.165) is 0 Å². The first-order valence-corrected chi connectivity index (χ1v) is 7.97. The van der Waals surface area contributed by atoms with Crippen molar-refractivity contribution in [1.29, 1.82) is 0 Å². The van der Waals surface area contributed by atoms with Crippen molar-refractivity contribution < 1.29 is 24.0 Å². The summed E-state index contributed by atoms with van der Waals surface area (Å²) in [5, 5.41) is 14.2. The average molecular weight is 362 g/mol. The molecule has 0 saturated carbocycles. The Morgan fingerprint density at radius 3 is 2.85 bits per heavy atom. The van der Waals surface area contributed by atoms with E-state index in [1.165, 1.54) is 14.0 Å². The van der Waals surface area contributed by atoms with E-state index in [1.807, 2.05) is 0 Å². The fourth-order valence-electron chi connectivity index (χ4n) is 3.18. The molecule has 1 unspecified atom stereocenters. The number of nitro groups is 1. The molecule has 1 atom stereocenters. The van der Waals surface area contributed by atoms with Crippen LogP contribution in [-0.2, 0) is 25.6 Å². The molecule has 0 fully saturated rings. The van der Waals surface area contributed by atoms with Gasteiger partial charge < -0.3 is 19.4 Å². The number of aryl methyl sites for hydroxylation is 2. The van der Waals surface area contributed by atoms with Gasteiger partial charge in [0.15, 0.2) is 17.4 Å². The smallest absolute Gasteiger partial charge is 0.332 e. The van der Waals surface area contributed by atoms with Crippen LogP contribution in [0.15, 0.2) is 6.07 Å². The number of rotatable bonds is 5. The molecule has 1 aliphatic heterocycles. The Morgan fingerprint density at radius 2 is 2.23 bits per heavy atom. The van der Waals surface area contributed by atoms with Crippen molar-refractivity contribution in [1.82, 2.24) is 9.55 Å². The molecule has 26 heavy (non-hydrogen) atoms. The highest BCUT2D eigenvalue weighted by Crippen LogP contribution is 2.40. The molecule has 1 amide bonds. The number of nitrogens with one attached hydrogen (secondary N) is 1. The monoisotopic (exact) mass is 362 g/mol. The summed E-state index contributed by atoms with van der Waals surface area (Å²) >= 11 is 0. The van der Waals surface area contributed by atoms with Gasteiger partial charge in [0.1, 0.15) is 12.3 Å². The van der Waals surface area contributed by atoms with Gasteiger partial charge in [0, 0.05) is 27.0 Å². The van der Waals surface area contributed by atoms with Gasteiger partial charge in [-0.25, -0.2) is 9.78 Å². The van der Waals surface area contributed by atoms with Crippen LogP contribution in [0.3, 0.4) is 0 Å². The third kappa shape index (κ3) is 2.99. The third-order valence-electron chi connectivity index (χ3n) is 4.17. The highest BCUT2D eigenvalue weighted by molar-refractivity contribution is 6.00. The minimum absolute atomic E-state index is 0.125. The number of esters is 1. The van der Waals surface area contributed by atoms with Crippen molar-refractivity contribution >= 4 is 34.3 Å². The van der Waals surface area contributed by atoms with E-state index in [2.05, 4.69) is 10.3 Å². The first-order valence-electron chi connectivity index (χ1n) is 7.97. The maximum atomic E-state index is 11.7. The predicted molar refractivity (Wildman–Crippen MR) is 90.8 cm³/mol. The fourth-order valence-corrected chi connectivity index (χ4v) is 3.18. The van der Waals surface area contributed by atoms with Crippen LogP contribution in [0, 0.1) is 17.0 Å². The number of nitrogens with zero attached hydrogens (tertiary/aromatic N) is 3. The van der Waals surface area contributed by atoms with Crippen LogP contribution >= 0.6 is 0 Å². The molecule has 138 valence electrons. The minimum atomic E-state index is -0.589. The second-order valence-corrected chi connectivity index (χ2v) is 6.04. The summed E-state index contributed by atoms with van der Waals surface area (Å²) in [7, 11) is 1.39. The van der Waals surface area contributed by atoms with Gasteiger partial charge in [-0.3, -0.25) is 14.9 Å². The highest BCUT2D eigenvalue weighted by atomic mass is 16.6. The summed E-state index contributed by atoms with van der Waals surface area (Å²) in [6.45, 7) is 3.31. The Balaban J connectivity index is 2.12. The zero-order valence-electron chi connectivity index (χ0n) is 14.6. The van der Waals surface area contributed by atoms with E-state index in [0.29, 0.717) is 29.9 Å². The van der Waals surface area contributed by atoms with Crippen molar-refractivity contribution in [3.63, 3.8) is 0 Å². The Bertz CT molecular complexity index is 919. The SMILES string of the molecule is COCC(=O)OC1CCn2c1nc1c([N+](=O)[O-])c(NC(C)=O)c(C)cc12. The minimum Gasteiger partial charge on any atom is -0.452 e. The largest absolute Gasteiger partial charge is 0.452 e.